The lowest BCUT2D eigenvalue weighted by Gasteiger charge is -2.02. The Bertz CT molecular complexity index is 525. The Balaban J connectivity index is 2.49. The van der Waals surface area contributed by atoms with E-state index >= 15 is 0 Å². The number of nitrogens with zero attached hydrogens (tertiary/aromatic N) is 1. The molecule has 76 valence electrons. The van der Waals surface area contributed by atoms with Gasteiger partial charge in [0.2, 0.25) is 5.91 Å². The number of pyridine rings is 1. The van der Waals surface area contributed by atoms with Crippen LogP contribution in [0, 0.1) is 5.82 Å². The second-order valence-corrected chi connectivity index (χ2v) is 3.21. The molecule has 1 N–H and O–H groups in total. The van der Waals surface area contributed by atoms with Crippen molar-refractivity contribution in [3.8, 4) is 0 Å². The molecule has 0 radical (unpaired) electrons. The van der Waals surface area contributed by atoms with Gasteiger partial charge in [-0.2, -0.15) is 0 Å². The average molecular weight is 204 g/mol. The smallest absolute Gasteiger partial charge is 0.222 e. The molecule has 0 aliphatic carbocycles. The van der Waals surface area contributed by atoms with E-state index in [1.54, 1.807) is 18.2 Å². The van der Waals surface area contributed by atoms with Gasteiger partial charge in [0, 0.05) is 18.4 Å². The van der Waals surface area contributed by atoms with Crippen molar-refractivity contribution in [1.82, 2.24) is 4.98 Å². The van der Waals surface area contributed by atoms with E-state index < -0.39 is 0 Å². The van der Waals surface area contributed by atoms with Crippen LogP contribution >= 0.6 is 0 Å². The number of halogens is 1. The molecule has 1 amide bonds. The Kier molecular flexibility index (Phi) is 2.33. The standard InChI is InChI=1S/C11H9FN2O/c1-7(15)13-11-5-3-8-2-4-9(12)6-10(8)14-11/h2-6H,1H3,(H,13,14,15). The van der Waals surface area contributed by atoms with Crippen LogP contribution in [0.1, 0.15) is 6.92 Å². The Morgan fingerprint density at radius 3 is 2.80 bits per heavy atom. The van der Waals surface area contributed by atoms with E-state index in [4.69, 9.17) is 0 Å². The molecule has 0 atom stereocenters. The fraction of sp³-hybridized carbons (Fsp3) is 0.0909. The SMILES string of the molecule is CC(=O)Nc1ccc2ccc(F)cc2n1. The van der Waals surface area contributed by atoms with Crippen molar-refractivity contribution >= 4 is 22.6 Å². The normalized spacial score (nSPS) is 10.3. The number of aromatic nitrogens is 1. The monoisotopic (exact) mass is 204 g/mol. The zero-order chi connectivity index (χ0) is 10.8. The third kappa shape index (κ3) is 2.10. The molecular formula is C11H9FN2O. The first-order valence-electron chi connectivity index (χ1n) is 4.49. The molecule has 0 unspecified atom stereocenters. The van der Waals surface area contributed by atoms with Crippen LogP contribution < -0.4 is 5.32 Å². The molecule has 0 spiro atoms. The summed E-state index contributed by atoms with van der Waals surface area (Å²) in [4.78, 5) is 14.9. The highest BCUT2D eigenvalue weighted by atomic mass is 19.1. The van der Waals surface area contributed by atoms with Gasteiger partial charge in [0.1, 0.15) is 11.6 Å². The summed E-state index contributed by atoms with van der Waals surface area (Å²) in [6.07, 6.45) is 0. The van der Waals surface area contributed by atoms with Crippen LogP contribution in [0.25, 0.3) is 10.9 Å². The number of anilines is 1. The lowest BCUT2D eigenvalue weighted by Crippen LogP contribution is -2.07. The number of carbonyl (C=O) groups is 1. The van der Waals surface area contributed by atoms with Crippen molar-refractivity contribution in [3.63, 3.8) is 0 Å². The maximum absolute atomic E-state index is 12.9. The van der Waals surface area contributed by atoms with Gasteiger partial charge in [-0.25, -0.2) is 9.37 Å². The molecule has 0 saturated heterocycles. The number of hydrogen-bond donors (Lipinski definition) is 1. The van der Waals surface area contributed by atoms with E-state index in [1.165, 1.54) is 19.1 Å². The summed E-state index contributed by atoms with van der Waals surface area (Å²) in [5.74, 6) is -0.103. The summed E-state index contributed by atoms with van der Waals surface area (Å²) in [6, 6.07) is 7.83. The van der Waals surface area contributed by atoms with Crippen LogP contribution in [0.2, 0.25) is 0 Å². The van der Waals surface area contributed by atoms with E-state index in [1.807, 2.05) is 0 Å². The highest BCUT2D eigenvalue weighted by Gasteiger charge is 2.00. The molecule has 0 bridgehead atoms. The Morgan fingerprint density at radius 1 is 1.33 bits per heavy atom. The summed E-state index contributed by atoms with van der Waals surface area (Å²) >= 11 is 0. The molecule has 1 heterocycles. The Morgan fingerprint density at radius 2 is 2.07 bits per heavy atom. The number of hydrogen-bond acceptors (Lipinski definition) is 2. The fourth-order valence-electron chi connectivity index (χ4n) is 1.34. The first-order valence-corrected chi connectivity index (χ1v) is 4.49. The van der Waals surface area contributed by atoms with E-state index in [2.05, 4.69) is 10.3 Å². The molecule has 1 aromatic heterocycles. The van der Waals surface area contributed by atoms with Crippen LogP contribution in [-0.2, 0) is 4.79 Å². The van der Waals surface area contributed by atoms with Gasteiger partial charge in [0.25, 0.3) is 0 Å². The molecule has 2 aromatic rings. The minimum absolute atomic E-state index is 0.196. The summed E-state index contributed by atoms with van der Waals surface area (Å²) in [6.45, 7) is 1.40. The molecule has 4 heteroatoms. The van der Waals surface area contributed by atoms with Gasteiger partial charge in [-0.1, -0.05) is 0 Å². The Labute approximate surface area is 85.9 Å². The van der Waals surface area contributed by atoms with Crippen molar-refractivity contribution in [2.75, 3.05) is 5.32 Å². The highest BCUT2D eigenvalue weighted by Crippen LogP contribution is 2.16. The van der Waals surface area contributed by atoms with Crippen molar-refractivity contribution in [3.05, 3.63) is 36.1 Å². The molecule has 0 aliphatic heterocycles. The van der Waals surface area contributed by atoms with Gasteiger partial charge in [0.05, 0.1) is 5.52 Å². The third-order valence-electron chi connectivity index (χ3n) is 1.96. The third-order valence-corrected chi connectivity index (χ3v) is 1.96. The average Bonchev–Trinajstić information content (AvgIpc) is 2.16. The molecule has 0 fully saturated rings. The minimum Gasteiger partial charge on any atom is -0.311 e. The molecule has 0 saturated carbocycles. The van der Waals surface area contributed by atoms with E-state index in [-0.39, 0.29) is 11.7 Å². The van der Waals surface area contributed by atoms with E-state index in [0.29, 0.717) is 11.3 Å². The number of benzene rings is 1. The predicted octanol–water partition coefficient (Wildman–Crippen LogP) is 2.33. The lowest BCUT2D eigenvalue weighted by atomic mass is 10.2. The van der Waals surface area contributed by atoms with Crippen LogP contribution in [0.3, 0.4) is 0 Å². The first-order chi connectivity index (χ1) is 7.15. The highest BCUT2D eigenvalue weighted by molar-refractivity contribution is 5.89. The van der Waals surface area contributed by atoms with Crippen LogP contribution in [0.5, 0.6) is 0 Å². The van der Waals surface area contributed by atoms with Crippen LogP contribution in [-0.4, -0.2) is 10.9 Å². The zero-order valence-corrected chi connectivity index (χ0v) is 8.12. The molecular weight excluding hydrogens is 195 g/mol. The van der Waals surface area contributed by atoms with Gasteiger partial charge in [0.15, 0.2) is 0 Å². The largest absolute Gasteiger partial charge is 0.311 e. The number of amides is 1. The van der Waals surface area contributed by atoms with E-state index in [9.17, 15) is 9.18 Å². The van der Waals surface area contributed by atoms with E-state index in [0.717, 1.165) is 5.39 Å². The molecule has 1 aromatic carbocycles. The molecule has 0 aliphatic rings. The second kappa shape index (κ2) is 3.65. The van der Waals surface area contributed by atoms with Crippen molar-refractivity contribution < 1.29 is 9.18 Å². The summed E-state index contributed by atoms with van der Waals surface area (Å²) in [5.41, 5.74) is 0.529. The molecule has 3 nitrogen and oxygen atoms in total. The Hall–Kier alpha value is -1.97. The topological polar surface area (TPSA) is 42.0 Å². The van der Waals surface area contributed by atoms with Crippen molar-refractivity contribution in [2.45, 2.75) is 6.92 Å². The van der Waals surface area contributed by atoms with Crippen LogP contribution in [0.15, 0.2) is 30.3 Å². The fourth-order valence-corrected chi connectivity index (χ4v) is 1.34. The zero-order valence-electron chi connectivity index (χ0n) is 8.12. The van der Waals surface area contributed by atoms with Gasteiger partial charge < -0.3 is 5.32 Å². The lowest BCUT2D eigenvalue weighted by molar-refractivity contribution is -0.114. The summed E-state index contributed by atoms with van der Waals surface area (Å²) in [7, 11) is 0. The molecule has 15 heavy (non-hydrogen) atoms. The minimum atomic E-state index is -0.338. The number of fused-ring (bicyclic) bond motifs is 1. The van der Waals surface area contributed by atoms with Crippen molar-refractivity contribution in [2.24, 2.45) is 0 Å². The van der Waals surface area contributed by atoms with Gasteiger partial charge >= 0.3 is 0 Å². The maximum atomic E-state index is 12.9. The second-order valence-electron chi connectivity index (χ2n) is 3.21. The maximum Gasteiger partial charge on any atom is 0.222 e. The number of rotatable bonds is 1. The number of nitrogens with one attached hydrogen (secondary N) is 1. The molecule has 2 rings (SSSR count). The van der Waals surface area contributed by atoms with Crippen LogP contribution in [0.4, 0.5) is 10.2 Å². The number of carbonyl (C=O) groups excluding carboxylic acids is 1. The van der Waals surface area contributed by atoms with Gasteiger partial charge in [-0.05, 0) is 24.3 Å². The van der Waals surface area contributed by atoms with Gasteiger partial charge in [-0.3, -0.25) is 4.79 Å². The van der Waals surface area contributed by atoms with Gasteiger partial charge in [-0.15, -0.1) is 0 Å². The summed E-state index contributed by atoms with van der Waals surface area (Å²) < 4.78 is 12.9. The predicted molar refractivity (Wildman–Crippen MR) is 56.0 cm³/mol. The quantitative estimate of drug-likeness (QED) is 0.774. The van der Waals surface area contributed by atoms with Crippen molar-refractivity contribution in [1.29, 1.82) is 0 Å². The summed E-state index contributed by atoms with van der Waals surface area (Å²) in [5, 5.41) is 3.38. The first kappa shape index (κ1) is 9.58.